The van der Waals surface area contributed by atoms with Gasteiger partial charge in [-0.05, 0) is 43.9 Å². The fourth-order valence-corrected chi connectivity index (χ4v) is 2.75. The molecule has 1 aliphatic heterocycles. The average molecular weight is 303 g/mol. The van der Waals surface area contributed by atoms with E-state index in [4.69, 9.17) is 0 Å². The molecule has 0 aliphatic carbocycles. The summed E-state index contributed by atoms with van der Waals surface area (Å²) >= 11 is 0. The first-order chi connectivity index (χ1) is 10.6. The standard InChI is InChI=1S/C17H25N3O2/c1-3-14(15-11-13(2)8-9-18-15)19-16(21)12-20-10-6-4-5-7-17(20)22/h8-9,11,14H,3-7,10,12H2,1-2H3,(H,19,21). The predicted molar refractivity (Wildman–Crippen MR) is 85.2 cm³/mol. The lowest BCUT2D eigenvalue weighted by atomic mass is 10.1. The van der Waals surface area contributed by atoms with E-state index in [2.05, 4.69) is 10.3 Å². The normalized spacial score (nSPS) is 17.0. The predicted octanol–water partition coefficient (Wildman–Crippen LogP) is 2.36. The molecule has 1 unspecified atom stereocenters. The third-order valence-corrected chi connectivity index (χ3v) is 4.04. The molecule has 0 bridgehead atoms. The van der Waals surface area contributed by atoms with Crippen molar-refractivity contribution in [3.63, 3.8) is 0 Å². The molecule has 5 heteroatoms. The van der Waals surface area contributed by atoms with Gasteiger partial charge in [0.05, 0.1) is 18.3 Å². The summed E-state index contributed by atoms with van der Waals surface area (Å²) < 4.78 is 0. The van der Waals surface area contributed by atoms with Crippen molar-refractivity contribution in [1.82, 2.24) is 15.2 Å². The van der Waals surface area contributed by atoms with Crippen LogP contribution in [0.4, 0.5) is 0 Å². The Morgan fingerprint density at radius 2 is 2.23 bits per heavy atom. The first-order valence-electron chi connectivity index (χ1n) is 8.10. The fourth-order valence-electron chi connectivity index (χ4n) is 2.75. The molecule has 1 atom stereocenters. The van der Waals surface area contributed by atoms with Crippen LogP contribution in [0, 0.1) is 6.92 Å². The van der Waals surface area contributed by atoms with Crippen molar-refractivity contribution in [2.24, 2.45) is 0 Å². The molecule has 2 heterocycles. The molecule has 0 radical (unpaired) electrons. The van der Waals surface area contributed by atoms with E-state index in [1.54, 1.807) is 11.1 Å². The summed E-state index contributed by atoms with van der Waals surface area (Å²) in [6.07, 6.45) is 6.07. The Hall–Kier alpha value is -1.91. The second kappa shape index (κ2) is 7.92. The number of rotatable bonds is 5. The van der Waals surface area contributed by atoms with E-state index in [0.29, 0.717) is 13.0 Å². The van der Waals surface area contributed by atoms with Crippen LogP contribution >= 0.6 is 0 Å². The number of carbonyl (C=O) groups excluding carboxylic acids is 2. The van der Waals surface area contributed by atoms with Gasteiger partial charge in [-0.25, -0.2) is 0 Å². The van der Waals surface area contributed by atoms with Crippen molar-refractivity contribution in [3.05, 3.63) is 29.6 Å². The molecule has 0 saturated carbocycles. The lowest BCUT2D eigenvalue weighted by Crippen LogP contribution is -2.41. The Kier molecular flexibility index (Phi) is 5.92. The lowest BCUT2D eigenvalue weighted by molar-refractivity contribution is -0.135. The third-order valence-electron chi connectivity index (χ3n) is 4.04. The van der Waals surface area contributed by atoms with Gasteiger partial charge in [-0.1, -0.05) is 13.3 Å². The Labute approximate surface area is 132 Å². The van der Waals surface area contributed by atoms with Crippen LogP contribution in [0.15, 0.2) is 18.3 Å². The molecule has 120 valence electrons. The topological polar surface area (TPSA) is 62.3 Å². The Morgan fingerprint density at radius 1 is 1.41 bits per heavy atom. The number of amides is 2. The second-order valence-corrected chi connectivity index (χ2v) is 5.91. The van der Waals surface area contributed by atoms with Gasteiger partial charge in [0.2, 0.25) is 11.8 Å². The maximum Gasteiger partial charge on any atom is 0.240 e. The molecule has 1 fully saturated rings. The molecular weight excluding hydrogens is 278 g/mol. The number of pyridine rings is 1. The Morgan fingerprint density at radius 3 is 2.95 bits per heavy atom. The summed E-state index contributed by atoms with van der Waals surface area (Å²) in [5.41, 5.74) is 2.00. The summed E-state index contributed by atoms with van der Waals surface area (Å²) in [5.74, 6) is -0.0141. The summed E-state index contributed by atoms with van der Waals surface area (Å²) in [6, 6.07) is 3.83. The number of carbonyl (C=O) groups is 2. The molecule has 2 rings (SSSR count). The highest BCUT2D eigenvalue weighted by atomic mass is 16.2. The largest absolute Gasteiger partial charge is 0.346 e. The molecule has 1 N–H and O–H groups in total. The molecule has 2 amide bonds. The molecule has 0 spiro atoms. The van der Waals surface area contributed by atoms with Gasteiger partial charge >= 0.3 is 0 Å². The minimum Gasteiger partial charge on any atom is -0.346 e. The summed E-state index contributed by atoms with van der Waals surface area (Å²) in [7, 11) is 0. The van der Waals surface area contributed by atoms with Crippen LogP contribution < -0.4 is 5.32 Å². The summed E-state index contributed by atoms with van der Waals surface area (Å²) in [6.45, 7) is 4.87. The molecular formula is C17H25N3O2. The number of hydrogen-bond donors (Lipinski definition) is 1. The number of aryl methyl sites for hydroxylation is 1. The highest BCUT2D eigenvalue weighted by Gasteiger charge is 2.21. The second-order valence-electron chi connectivity index (χ2n) is 5.91. The maximum atomic E-state index is 12.3. The van der Waals surface area contributed by atoms with E-state index < -0.39 is 0 Å². The van der Waals surface area contributed by atoms with Crippen molar-refractivity contribution < 1.29 is 9.59 Å². The van der Waals surface area contributed by atoms with Gasteiger partial charge in [0.1, 0.15) is 0 Å². The molecule has 0 aromatic carbocycles. The van der Waals surface area contributed by atoms with Gasteiger partial charge < -0.3 is 10.2 Å². The summed E-state index contributed by atoms with van der Waals surface area (Å²) in [4.78, 5) is 30.2. The van der Waals surface area contributed by atoms with Gasteiger partial charge in [-0.15, -0.1) is 0 Å². The zero-order chi connectivity index (χ0) is 15.9. The van der Waals surface area contributed by atoms with Crippen LogP contribution in [-0.2, 0) is 9.59 Å². The van der Waals surface area contributed by atoms with Crippen molar-refractivity contribution in [2.75, 3.05) is 13.1 Å². The number of hydrogen-bond acceptors (Lipinski definition) is 3. The van der Waals surface area contributed by atoms with E-state index in [1.807, 2.05) is 26.0 Å². The van der Waals surface area contributed by atoms with Crippen LogP contribution in [0.25, 0.3) is 0 Å². The van der Waals surface area contributed by atoms with Crippen LogP contribution in [0.1, 0.15) is 56.3 Å². The summed E-state index contributed by atoms with van der Waals surface area (Å²) in [5, 5.41) is 3.00. The van der Waals surface area contributed by atoms with Gasteiger partial charge in [-0.3, -0.25) is 14.6 Å². The van der Waals surface area contributed by atoms with Crippen molar-refractivity contribution in [2.45, 2.75) is 52.0 Å². The number of nitrogens with zero attached hydrogens (tertiary/aromatic N) is 2. The quantitative estimate of drug-likeness (QED) is 0.908. The molecule has 1 aromatic heterocycles. The van der Waals surface area contributed by atoms with Crippen LogP contribution in [0.2, 0.25) is 0 Å². The van der Waals surface area contributed by atoms with E-state index in [0.717, 1.165) is 36.9 Å². The zero-order valence-electron chi connectivity index (χ0n) is 13.5. The third kappa shape index (κ3) is 4.55. The average Bonchev–Trinajstić information content (AvgIpc) is 2.70. The van der Waals surface area contributed by atoms with E-state index in [9.17, 15) is 9.59 Å². The molecule has 22 heavy (non-hydrogen) atoms. The van der Waals surface area contributed by atoms with Crippen molar-refractivity contribution in [1.29, 1.82) is 0 Å². The number of likely N-dealkylation sites (tertiary alicyclic amines) is 1. The zero-order valence-corrected chi connectivity index (χ0v) is 13.5. The molecule has 1 aliphatic rings. The van der Waals surface area contributed by atoms with Gasteiger partial charge in [0.15, 0.2) is 0 Å². The molecule has 1 saturated heterocycles. The van der Waals surface area contributed by atoms with Crippen molar-refractivity contribution >= 4 is 11.8 Å². The van der Waals surface area contributed by atoms with Crippen molar-refractivity contribution in [3.8, 4) is 0 Å². The SMILES string of the molecule is CCC(NC(=O)CN1CCCCCC1=O)c1cc(C)ccn1. The minimum absolute atomic E-state index is 0.0920. The number of nitrogens with one attached hydrogen (secondary N) is 1. The monoisotopic (exact) mass is 303 g/mol. The van der Waals surface area contributed by atoms with Gasteiger partial charge in [0, 0.05) is 19.2 Å². The Balaban J connectivity index is 1.95. The molecule has 1 aromatic rings. The lowest BCUT2D eigenvalue weighted by Gasteiger charge is -2.22. The highest BCUT2D eigenvalue weighted by Crippen LogP contribution is 2.15. The number of aromatic nitrogens is 1. The first kappa shape index (κ1) is 16.5. The highest BCUT2D eigenvalue weighted by molar-refractivity contribution is 5.85. The maximum absolute atomic E-state index is 12.3. The van der Waals surface area contributed by atoms with Crippen LogP contribution in [0.3, 0.4) is 0 Å². The van der Waals surface area contributed by atoms with Gasteiger partial charge in [-0.2, -0.15) is 0 Å². The van der Waals surface area contributed by atoms with E-state index in [1.165, 1.54) is 0 Å². The van der Waals surface area contributed by atoms with Crippen LogP contribution in [0.5, 0.6) is 0 Å². The minimum atomic E-state index is -0.106. The van der Waals surface area contributed by atoms with E-state index in [-0.39, 0.29) is 24.4 Å². The first-order valence-corrected chi connectivity index (χ1v) is 8.10. The molecule has 5 nitrogen and oxygen atoms in total. The Bertz CT molecular complexity index is 530. The van der Waals surface area contributed by atoms with Gasteiger partial charge in [0.25, 0.3) is 0 Å². The smallest absolute Gasteiger partial charge is 0.240 e. The van der Waals surface area contributed by atoms with Crippen LogP contribution in [-0.4, -0.2) is 34.8 Å². The fraction of sp³-hybridized carbons (Fsp3) is 0.588. The van der Waals surface area contributed by atoms with E-state index >= 15 is 0 Å².